The Labute approximate surface area is 63.4 Å². The predicted octanol–water partition coefficient (Wildman–Crippen LogP) is 2.86. The lowest BCUT2D eigenvalue weighted by molar-refractivity contribution is -0.247. The van der Waals surface area contributed by atoms with Gasteiger partial charge in [-0.05, 0) is 6.92 Å². The maximum Gasteiger partial charge on any atom is 0.384 e. The van der Waals surface area contributed by atoms with Crippen LogP contribution in [-0.2, 0) is 0 Å². The molecule has 1 unspecified atom stereocenters. The molecule has 0 bridgehead atoms. The van der Waals surface area contributed by atoms with Crippen LogP contribution in [0, 0.1) is 13.3 Å². The maximum atomic E-state index is 11.9. The van der Waals surface area contributed by atoms with Crippen molar-refractivity contribution < 1.29 is 30.7 Å². The Morgan fingerprint density at radius 1 is 1.08 bits per heavy atom. The van der Waals surface area contributed by atoms with Crippen molar-refractivity contribution in [2.24, 2.45) is 0 Å². The smallest absolute Gasteiger partial charge is 0.241 e. The minimum Gasteiger partial charge on any atom is -0.241 e. The Kier molecular flexibility index (Phi) is 2.97. The van der Waals surface area contributed by atoms with Crippen molar-refractivity contribution in [2.45, 2.75) is 18.0 Å². The van der Waals surface area contributed by atoms with Crippen molar-refractivity contribution in [3.05, 3.63) is 13.3 Å². The van der Waals surface area contributed by atoms with Crippen LogP contribution in [0.25, 0.3) is 0 Å². The number of alkyl halides is 5. The first-order chi connectivity index (χ1) is 5.14. The highest BCUT2D eigenvalue weighted by Gasteiger charge is 2.67. The second kappa shape index (κ2) is 3.10. The molecule has 1 atom stereocenters. The van der Waals surface area contributed by atoms with E-state index >= 15 is 0 Å². The Morgan fingerprint density at radius 3 is 1.50 bits per heavy atom. The maximum absolute atomic E-state index is 11.9. The average molecular weight is 196 g/mol. The molecule has 0 aliphatic heterocycles. The fraction of sp³-hybridized carbons (Fsp3) is 0.600. The van der Waals surface area contributed by atoms with Gasteiger partial charge in [-0.25, -0.2) is 4.39 Å². The Balaban J connectivity index is 4.75. The van der Waals surface area contributed by atoms with Crippen molar-refractivity contribution in [2.75, 3.05) is 0 Å². The van der Waals surface area contributed by atoms with E-state index < -0.39 is 24.4 Å². The quantitative estimate of drug-likeness (QED) is 0.609. The van der Waals surface area contributed by atoms with Crippen molar-refractivity contribution in [1.29, 1.82) is 0 Å². The zero-order chi connectivity index (χ0) is 10.2. The number of rotatable bonds is 3. The van der Waals surface area contributed by atoms with Gasteiger partial charge in [0.1, 0.15) is 0 Å². The molecule has 7 heteroatoms. The molecule has 0 heterocycles. The third-order valence-electron chi connectivity index (χ3n) is 1.05. The first-order valence-corrected chi connectivity index (χ1v) is 2.55. The molecule has 0 aromatic rings. The van der Waals surface area contributed by atoms with Crippen LogP contribution < -0.4 is 0 Å². The zero-order valence-corrected chi connectivity index (χ0v) is 5.43. The third kappa shape index (κ3) is 1.64. The first-order valence-electron chi connectivity index (χ1n) is 2.55. The summed E-state index contributed by atoms with van der Waals surface area (Å²) in [5.41, 5.74) is 0. The fourth-order valence-electron chi connectivity index (χ4n) is 0.323. The van der Waals surface area contributed by atoms with Gasteiger partial charge in [0.05, 0.1) is 0 Å². The minimum absolute atomic E-state index is 1.92. The van der Waals surface area contributed by atoms with Crippen molar-refractivity contribution in [1.82, 2.24) is 0 Å². The van der Waals surface area contributed by atoms with Crippen LogP contribution in [0.4, 0.5) is 30.7 Å². The lowest BCUT2D eigenvalue weighted by Crippen LogP contribution is -2.48. The second-order valence-electron chi connectivity index (χ2n) is 1.93. The number of halogens is 7. The molecule has 0 fully saturated rings. The summed E-state index contributed by atoms with van der Waals surface area (Å²) >= 11 is 0. The molecule has 0 aromatic carbocycles. The molecule has 0 rings (SSSR count). The van der Waals surface area contributed by atoms with Crippen LogP contribution in [-0.4, -0.2) is 18.0 Å². The SMILES string of the molecule is [CH2]C(F)C(F)(F)C(F)(F)[C](F)F. The van der Waals surface area contributed by atoms with Crippen LogP contribution in [0.15, 0.2) is 0 Å². The van der Waals surface area contributed by atoms with Gasteiger partial charge in [0.25, 0.3) is 0 Å². The summed E-state index contributed by atoms with van der Waals surface area (Å²) in [7, 11) is 0. The van der Waals surface area contributed by atoms with Gasteiger partial charge in [0.2, 0.25) is 0 Å². The monoisotopic (exact) mass is 196 g/mol. The molecule has 0 saturated carbocycles. The van der Waals surface area contributed by atoms with Crippen LogP contribution in [0.3, 0.4) is 0 Å². The van der Waals surface area contributed by atoms with E-state index in [9.17, 15) is 30.7 Å². The molecular weight excluding hydrogens is 193 g/mol. The summed E-state index contributed by atoms with van der Waals surface area (Å²) in [5, 5.41) is 0. The summed E-state index contributed by atoms with van der Waals surface area (Å²) in [5.74, 6) is -11.2. The van der Waals surface area contributed by atoms with Gasteiger partial charge < -0.3 is 0 Å². The van der Waals surface area contributed by atoms with Crippen molar-refractivity contribution in [3.8, 4) is 0 Å². The minimum atomic E-state index is -5.77. The fourth-order valence-corrected chi connectivity index (χ4v) is 0.323. The van der Waals surface area contributed by atoms with Crippen LogP contribution in [0.2, 0.25) is 0 Å². The summed E-state index contributed by atoms with van der Waals surface area (Å²) in [6.45, 7) is 1.92. The van der Waals surface area contributed by atoms with Gasteiger partial charge in [0.15, 0.2) is 6.17 Å². The highest BCUT2D eigenvalue weighted by atomic mass is 19.3. The Morgan fingerprint density at radius 2 is 1.42 bits per heavy atom. The topological polar surface area (TPSA) is 0 Å². The summed E-state index contributed by atoms with van der Waals surface area (Å²) in [4.78, 5) is 0. The van der Waals surface area contributed by atoms with Crippen LogP contribution >= 0.6 is 0 Å². The summed E-state index contributed by atoms with van der Waals surface area (Å²) in [6, 6.07) is 0. The third-order valence-corrected chi connectivity index (χ3v) is 1.05. The van der Waals surface area contributed by atoms with Crippen LogP contribution in [0.5, 0.6) is 0 Å². The second-order valence-corrected chi connectivity index (χ2v) is 1.93. The lowest BCUT2D eigenvalue weighted by Gasteiger charge is -2.25. The predicted molar refractivity (Wildman–Crippen MR) is 25.6 cm³/mol. The van der Waals surface area contributed by atoms with E-state index in [4.69, 9.17) is 0 Å². The van der Waals surface area contributed by atoms with E-state index in [1.54, 1.807) is 0 Å². The molecule has 0 amide bonds. The van der Waals surface area contributed by atoms with E-state index in [0.717, 1.165) is 0 Å². The van der Waals surface area contributed by atoms with E-state index in [2.05, 4.69) is 0 Å². The molecule has 0 aliphatic carbocycles. The highest BCUT2D eigenvalue weighted by Crippen LogP contribution is 2.45. The van der Waals surface area contributed by atoms with E-state index in [1.165, 1.54) is 0 Å². The largest absolute Gasteiger partial charge is 0.384 e. The molecule has 0 aromatic heterocycles. The molecule has 0 nitrogen and oxygen atoms in total. The summed E-state index contributed by atoms with van der Waals surface area (Å²) in [6.07, 6.45) is -7.42. The average Bonchev–Trinajstić information content (AvgIpc) is 1.86. The molecule has 0 saturated heterocycles. The number of hydrogen-bond donors (Lipinski definition) is 0. The molecule has 0 spiro atoms. The molecule has 12 heavy (non-hydrogen) atoms. The van der Waals surface area contributed by atoms with Crippen LogP contribution in [0.1, 0.15) is 0 Å². The van der Waals surface area contributed by atoms with Crippen molar-refractivity contribution >= 4 is 0 Å². The van der Waals surface area contributed by atoms with E-state index in [-0.39, 0.29) is 0 Å². The normalized spacial score (nSPS) is 16.8. The molecule has 2 radical (unpaired) electrons. The van der Waals surface area contributed by atoms with E-state index in [1.807, 2.05) is 6.92 Å². The van der Waals surface area contributed by atoms with Gasteiger partial charge in [-0.3, -0.25) is 0 Å². The zero-order valence-electron chi connectivity index (χ0n) is 5.43. The highest BCUT2D eigenvalue weighted by molar-refractivity contribution is 5.00. The van der Waals surface area contributed by atoms with E-state index in [0.29, 0.717) is 0 Å². The molecule has 0 aliphatic rings. The molecule has 72 valence electrons. The first kappa shape index (κ1) is 11.5. The van der Waals surface area contributed by atoms with Gasteiger partial charge in [0, 0.05) is 0 Å². The summed E-state index contributed by atoms with van der Waals surface area (Å²) < 4.78 is 81.3. The number of hydrogen-bond acceptors (Lipinski definition) is 0. The molecular formula is C5H3F7. The van der Waals surface area contributed by atoms with Gasteiger partial charge in [-0.1, -0.05) is 0 Å². The Bertz CT molecular complexity index is 132. The van der Waals surface area contributed by atoms with Gasteiger partial charge >= 0.3 is 18.3 Å². The molecule has 0 N–H and O–H groups in total. The van der Waals surface area contributed by atoms with Crippen molar-refractivity contribution in [3.63, 3.8) is 0 Å². The van der Waals surface area contributed by atoms with Gasteiger partial charge in [-0.15, -0.1) is 0 Å². The lowest BCUT2D eigenvalue weighted by atomic mass is 10.1. The standard InChI is InChI=1S/C5H3F7/c1-2(6)4(9,10)5(11,12)3(7)8/h2H,1H2. The van der Waals surface area contributed by atoms with Gasteiger partial charge in [-0.2, -0.15) is 26.3 Å². The Hall–Kier alpha value is -0.490.